The summed E-state index contributed by atoms with van der Waals surface area (Å²) in [5.74, 6) is 0.676. The molecule has 0 radical (unpaired) electrons. The molecule has 0 bridgehead atoms. The van der Waals surface area contributed by atoms with Gasteiger partial charge in [-0.15, -0.1) is 0 Å². The molecule has 1 amide bonds. The van der Waals surface area contributed by atoms with Crippen molar-refractivity contribution in [1.82, 2.24) is 15.5 Å². The fourth-order valence-corrected chi connectivity index (χ4v) is 2.90. The summed E-state index contributed by atoms with van der Waals surface area (Å²) in [7, 11) is 0. The smallest absolute Gasteiger partial charge is 0.306 e. The number of nitrogens with zero attached hydrogens (tertiary/aromatic N) is 2. The van der Waals surface area contributed by atoms with Crippen LogP contribution in [0.2, 0.25) is 0 Å². The van der Waals surface area contributed by atoms with Gasteiger partial charge in [0.2, 0.25) is 5.91 Å². The molecule has 0 aromatic carbocycles. The van der Waals surface area contributed by atoms with Gasteiger partial charge in [-0.05, 0) is 53.4 Å². The number of likely N-dealkylation sites (tertiary alicyclic amines) is 1. The van der Waals surface area contributed by atoms with E-state index in [1.165, 1.54) is 0 Å². The van der Waals surface area contributed by atoms with Crippen molar-refractivity contribution in [3.05, 3.63) is 0 Å². The Labute approximate surface area is 164 Å². The first-order valence-electron chi connectivity index (χ1n) is 10.3. The van der Waals surface area contributed by atoms with Gasteiger partial charge in [0.1, 0.15) is 12.1 Å². The number of amides is 1. The maximum absolute atomic E-state index is 12.1. The van der Waals surface area contributed by atoms with E-state index >= 15 is 0 Å². The third kappa shape index (κ3) is 11.5. The lowest BCUT2D eigenvalue weighted by atomic mass is 10.1. The van der Waals surface area contributed by atoms with Crippen LogP contribution in [-0.4, -0.2) is 61.1 Å². The summed E-state index contributed by atoms with van der Waals surface area (Å²) in [5, 5.41) is 6.45. The van der Waals surface area contributed by atoms with E-state index in [9.17, 15) is 9.59 Å². The molecule has 1 heterocycles. The van der Waals surface area contributed by atoms with Crippen LogP contribution in [0.1, 0.15) is 72.6 Å². The van der Waals surface area contributed by atoms with Crippen LogP contribution in [0.15, 0.2) is 4.99 Å². The molecule has 1 aliphatic rings. The number of guanidine groups is 1. The first-order chi connectivity index (χ1) is 12.8. The van der Waals surface area contributed by atoms with Crippen LogP contribution < -0.4 is 10.6 Å². The second-order valence-electron chi connectivity index (χ2n) is 7.96. The number of carbonyl (C=O) groups is 2. The minimum atomic E-state index is -0.404. The third-order valence-electron chi connectivity index (χ3n) is 4.20. The molecule has 0 aliphatic carbocycles. The molecule has 0 aromatic rings. The highest BCUT2D eigenvalue weighted by Gasteiger charge is 2.17. The fourth-order valence-electron chi connectivity index (χ4n) is 2.90. The largest absolute Gasteiger partial charge is 0.460 e. The summed E-state index contributed by atoms with van der Waals surface area (Å²) in [6.45, 7) is 11.2. The second kappa shape index (κ2) is 12.6. The number of aliphatic imine (C=N–C) groups is 1. The van der Waals surface area contributed by atoms with Gasteiger partial charge in [-0.25, -0.2) is 4.99 Å². The number of hydrogen-bond acceptors (Lipinski definition) is 4. The number of rotatable bonds is 10. The molecule has 7 nitrogen and oxygen atoms in total. The summed E-state index contributed by atoms with van der Waals surface area (Å²) >= 11 is 0. The standard InChI is InChI=1S/C20H38N4O3/c1-5-21-19(23-16-17(25)24-14-10-11-15-24)22-13-9-7-6-8-12-18(26)27-20(2,3)4/h5-16H2,1-4H3,(H2,21,22,23). The normalized spacial score (nSPS) is 15.0. The molecule has 0 atom stereocenters. The number of hydrogen-bond donors (Lipinski definition) is 2. The highest BCUT2D eigenvalue weighted by molar-refractivity contribution is 5.85. The lowest BCUT2D eigenvalue weighted by Crippen LogP contribution is -2.39. The van der Waals surface area contributed by atoms with E-state index in [0.29, 0.717) is 12.4 Å². The average Bonchev–Trinajstić information content (AvgIpc) is 3.11. The van der Waals surface area contributed by atoms with E-state index < -0.39 is 5.60 Å². The Kier molecular flexibility index (Phi) is 10.8. The van der Waals surface area contributed by atoms with Crippen LogP contribution >= 0.6 is 0 Å². The predicted molar refractivity (Wildman–Crippen MR) is 109 cm³/mol. The summed E-state index contributed by atoms with van der Waals surface area (Å²) in [6, 6.07) is 0. The number of ether oxygens (including phenoxy) is 1. The van der Waals surface area contributed by atoms with E-state index in [2.05, 4.69) is 15.6 Å². The molecule has 1 saturated heterocycles. The summed E-state index contributed by atoms with van der Waals surface area (Å²) in [6.07, 6.45) is 6.58. The van der Waals surface area contributed by atoms with Gasteiger partial charge in [-0.2, -0.15) is 0 Å². The van der Waals surface area contributed by atoms with E-state index in [-0.39, 0.29) is 18.4 Å². The molecule has 156 valence electrons. The van der Waals surface area contributed by atoms with Crippen LogP contribution in [0.5, 0.6) is 0 Å². The Bertz CT molecular complexity index is 480. The van der Waals surface area contributed by atoms with Gasteiger partial charge in [0.25, 0.3) is 0 Å². The lowest BCUT2D eigenvalue weighted by Gasteiger charge is -2.19. The van der Waals surface area contributed by atoms with Gasteiger partial charge in [0.15, 0.2) is 5.96 Å². The molecular weight excluding hydrogens is 344 g/mol. The Morgan fingerprint density at radius 3 is 2.33 bits per heavy atom. The molecule has 1 aliphatic heterocycles. The van der Waals surface area contributed by atoms with E-state index in [0.717, 1.165) is 64.7 Å². The highest BCUT2D eigenvalue weighted by atomic mass is 16.6. The van der Waals surface area contributed by atoms with Crippen molar-refractivity contribution in [3.63, 3.8) is 0 Å². The van der Waals surface area contributed by atoms with Crippen LogP contribution in [-0.2, 0) is 14.3 Å². The van der Waals surface area contributed by atoms with E-state index in [4.69, 9.17) is 4.74 Å². The molecule has 0 spiro atoms. The van der Waals surface area contributed by atoms with Crippen LogP contribution in [0.4, 0.5) is 0 Å². The fraction of sp³-hybridized carbons (Fsp3) is 0.850. The van der Waals surface area contributed by atoms with Crippen LogP contribution in [0.25, 0.3) is 0 Å². The molecule has 27 heavy (non-hydrogen) atoms. The van der Waals surface area contributed by atoms with Gasteiger partial charge in [-0.1, -0.05) is 12.8 Å². The zero-order chi connectivity index (χ0) is 20.1. The number of carbonyl (C=O) groups excluding carboxylic acids is 2. The van der Waals surface area contributed by atoms with Crippen LogP contribution in [0, 0.1) is 0 Å². The zero-order valence-corrected chi connectivity index (χ0v) is 17.6. The summed E-state index contributed by atoms with van der Waals surface area (Å²) in [4.78, 5) is 30.0. The first-order valence-corrected chi connectivity index (χ1v) is 10.3. The minimum absolute atomic E-state index is 0.104. The topological polar surface area (TPSA) is 83.0 Å². The van der Waals surface area contributed by atoms with Gasteiger partial charge in [0, 0.05) is 32.6 Å². The lowest BCUT2D eigenvalue weighted by molar-refractivity contribution is -0.154. The Morgan fingerprint density at radius 1 is 1.04 bits per heavy atom. The molecule has 0 aromatic heterocycles. The maximum Gasteiger partial charge on any atom is 0.306 e. The van der Waals surface area contributed by atoms with Gasteiger partial charge in [0.05, 0.1) is 0 Å². The highest BCUT2D eigenvalue weighted by Crippen LogP contribution is 2.11. The van der Waals surface area contributed by atoms with Crippen molar-refractivity contribution in [2.24, 2.45) is 4.99 Å². The van der Waals surface area contributed by atoms with E-state index in [1.807, 2.05) is 32.6 Å². The van der Waals surface area contributed by atoms with Crippen molar-refractivity contribution in [2.75, 3.05) is 32.7 Å². The molecule has 7 heteroatoms. The van der Waals surface area contributed by atoms with Crippen molar-refractivity contribution in [3.8, 4) is 0 Å². The maximum atomic E-state index is 12.1. The van der Waals surface area contributed by atoms with Crippen molar-refractivity contribution in [1.29, 1.82) is 0 Å². The number of esters is 1. The molecule has 1 rings (SSSR count). The summed E-state index contributed by atoms with van der Waals surface area (Å²) < 4.78 is 5.30. The quantitative estimate of drug-likeness (QED) is 0.262. The minimum Gasteiger partial charge on any atom is -0.460 e. The van der Waals surface area contributed by atoms with Gasteiger partial charge >= 0.3 is 5.97 Å². The average molecular weight is 383 g/mol. The Balaban J connectivity index is 2.14. The van der Waals surface area contributed by atoms with Crippen molar-refractivity contribution in [2.45, 2.75) is 78.2 Å². The number of unbranched alkanes of at least 4 members (excludes halogenated alkanes) is 3. The second-order valence-corrected chi connectivity index (χ2v) is 7.96. The number of nitrogens with one attached hydrogen (secondary N) is 2. The van der Waals surface area contributed by atoms with Crippen molar-refractivity contribution >= 4 is 17.8 Å². The summed E-state index contributed by atoms with van der Waals surface area (Å²) in [5.41, 5.74) is -0.404. The Morgan fingerprint density at radius 2 is 1.70 bits per heavy atom. The zero-order valence-electron chi connectivity index (χ0n) is 17.6. The molecular formula is C20H38N4O3. The van der Waals surface area contributed by atoms with Crippen molar-refractivity contribution < 1.29 is 14.3 Å². The molecule has 2 N–H and O–H groups in total. The predicted octanol–water partition coefficient (Wildman–Crippen LogP) is 2.46. The van der Waals surface area contributed by atoms with Gasteiger partial charge in [-0.3, -0.25) is 9.59 Å². The van der Waals surface area contributed by atoms with E-state index in [1.54, 1.807) is 0 Å². The third-order valence-corrected chi connectivity index (χ3v) is 4.20. The molecule has 0 saturated carbocycles. The molecule has 1 fully saturated rings. The van der Waals surface area contributed by atoms with Gasteiger partial charge < -0.3 is 20.3 Å². The first kappa shape index (κ1) is 23.2. The Hall–Kier alpha value is -1.79. The SMILES string of the molecule is CCNC(=NCC(=O)N1CCCC1)NCCCCCCC(=O)OC(C)(C)C. The molecule has 0 unspecified atom stereocenters. The van der Waals surface area contributed by atoms with Crippen LogP contribution in [0.3, 0.4) is 0 Å². The monoisotopic (exact) mass is 382 g/mol.